The molecule has 0 heterocycles. The molecule has 0 rings (SSSR count). The predicted molar refractivity (Wildman–Crippen MR) is 106 cm³/mol. The fourth-order valence-electron chi connectivity index (χ4n) is 3.38. The first-order valence-electron chi connectivity index (χ1n) is 10.6. The van der Waals surface area contributed by atoms with Crippen molar-refractivity contribution in [2.75, 3.05) is 7.11 Å². The van der Waals surface area contributed by atoms with Crippen molar-refractivity contribution in [3.05, 3.63) is 6.92 Å². The minimum absolute atomic E-state index is 0.211. The van der Waals surface area contributed by atoms with Gasteiger partial charge in [-0.3, -0.25) is 0 Å². The van der Waals surface area contributed by atoms with E-state index in [1.165, 1.54) is 70.6 Å². The molecule has 1 radical (unpaired) electrons. The zero-order chi connectivity index (χ0) is 18.1. The average Bonchev–Trinajstić information content (AvgIpc) is 2.57. The molecular formula is C22H45O2. The molecular weight excluding hydrogens is 296 g/mol. The average molecular weight is 342 g/mol. The van der Waals surface area contributed by atoms with Crippen LogP contribution < -0.4 is 0 Å². The Morgan fingerprint density at radius 2 is 1.21 bits per heavy atom. The molecule has 0 fully saturated rings. The molecule has 0 aliphatic rings. The number of hydrogen-bond donors (Lipinski definition) is 0. The van der Waals surface area contributed by atoms with E-state index >= 15 is 0 Å². The van der Waals surface area contributed by atoms with Gasteiger partial charge in [0.1, 0.15) is 0 Å². The first kappa shape index (κ1) is 23.9. The minimum atomic E-state index is -0.384. The highest BCUT2D eigenvalue weighted by atomic mass is 16.7. The van der Waals surface area contributed by atoms with Crippen LogP contribution in [0.1, 0.15) is 117 Å². The first-order valence-corrected chi connectivity index (χ1v) is 10.6. The summed E-state index contributed by atoms with van der Waals surface area (Å²) in [7, 11) is 1.80. The standard InChI is InChI=1S/C22H45O2/c1-6-8-10-11-12-13-14-15-16-17-18-20-22(23-5,19-9-7-2)24-21(3)4/h21H,2,6-20H2,1,3-5H3. The Morgan fingerprint density at radius 3 is 1.62 bits per heavy atom. The van der Waals surface area contributed by atoms with Crippen molar-refractivity contribution in [2.24, 2.45) is 0 Å². The van der Waals surface area contributed by atoms with Gasteiger partial charge in [0.25, 0.3) is 0 Å². The highest BCUT2D eigenvalue weighted by molar-refractivity contribution is 4.72. The molecule has 145 valence electrons. The lowest BCUT2D eigenvalue weighted by Crippen LogP contribution is -2.37. The number of rotatable bonds is 18. The number of unbranched alkanes of at least 4 members (excludes halogenated alkanes) is 11. The van der Waals surface area contributed by atoms with Gasteiger partial charge < -0.3 is 9.47 Å². The Morgan fingerprint density at radius 1 is 0.750 bits per heavy atom. The Hall–Kier alpha value is -0.0800. The van der Waals surface area contributed by atoms with E-state index in [9.17, 15) is 0 Å². The van der Waals surface area contributed by atoms with Gasteiger partial charge >= 0.3 is 0 Å². The summed E-state index contributed by atoms with van der Waals surface area (Å²) in [6.07, 6.45) is 19.3. The largest absolute Gasteiger partial charge is 0.353 e. The lowest BCUT2D eigenvalue weighted by Gasteiger charge is -2.34. The second-order valence-electron chi connectivity index (χ2n) is 7.52. The normalized spacial score (nSPS) is 14.2. The molecule has 24 heavy (non-hydrogen) atoms. The third-order valence-corrected chi connectivity index (χ3v) is 4.79. The van der Waals surface area contributed by atoms with Gasteiger partial charge in [0.05, 0.1) is 6.10 Å². The summed E-state index contributed by atoms with van der Waals surface area (Å²) in [5.41, 5.74) is 0. The Kier molecular flexibility index (Phi) is 16.3. The summed E-state index contributed by atoms with van der Waals surface area (Å²) in [5, 5.41) is 0. The topological polar surface area (TPSA) is 18.5 Å². The molecule has 0 saturated heterocycles. The van der Waals surface area contributed by atoms with Crippen molar-refractivity contribution in [1.29, 1.82) is 0 Å². The van der Waals surface area contributed by atoms with Crippen molar-refractivity contribution in [3.63, 3.8) is 0 Å². The predicted octanol–water partition coefficient (Wildman–Crippen LogP) is 7.46. The molecule has 2 nitrogen and oxygen atoms in total. The van der Waals surface area contributed by atoms with Crippen LogP contribution in [0, 0.1) is 6.92 Å². The summed E-state index contributed by atoms with van der Waals surface area (Å²) < 4.78 is 11.9. The van der Waals surface area contributed by atoms with E-state index in [0.717, 1.165) is 25.7 Å². The monoisotopic (exact) mass is 341 g/mol. The molecule has 0 aliphatic carbocycles. The Bertz CT molecular complexity index is 252. The maximum atomic E-state index is 6.13. The van der Waals surface area contributed by atoms with Crippen LogP contribution in [0.2, 0.25) is 0 Å². The number of methoxy groups -OCH3 is 1. The molecule has 0 N–H and O–H groups in total. The smallest absolute Gasteiger partial charge is 0.168 e. The number of hydrogen-bond acceptors (Lipinski definition) is 2. The SMILES string of the molecule is [CH2]CCCC(CCCCCCCCCCCCC)(OC)OC(C)C. The highest BCUT2D eigenvalue weighted by Gasteiger charge is 2.30. The van der Waals surface area contributed by atoms with Crippen molar-refractivity contribution >= 4 is 0 Å². The van der Waals surface area contributed by atoms with Gasteiger partial charge in [-0.1, -0.05) is 84.5 Å². The third kappa shape index (κ3) is 13.2. The van der Waals surface area contributed by atoms with Crippen molar-refractivity contribution < 1.29 is 9.47 Å². The van der Waals surface area contributed by atoms with E-state index in [1.807, 2.05) is 0 Å². The van der Waals surface area contributed by atoms with E-state index in [0.29, 0.717) is 0 Å². The Balaban J connectivity index is 3.75. The van der Waals surface area contributed by atoms with Gasteiger partial charge in [0.15, 0.2) is 5.79 Å². The molecule has 0 bridgehead atoms. The summed E-state index contributed by atoms with van der Waals surface area (Å²) >= 11 is 0. The lowest BCUT2D eigenvalue weighted by molar-refractivity contribution is -0.248. The minimum Gasteiger partial charge on any atom is -0.353 e. The molecule has 0 amide bonds. The second-order valence-corrected chi connectivity index (χ2v) is 7.52. The van der Waals surface area contributed by atoms with E-state index in [1.54, 1.807) is 7.11 Å². The fourth-order valence-corrected chi connectivity index (χ4v) is 3.38. The number of ether oxygens (including phenoxy) is 2. The van der Waals surface area contributed by atoms with Crippen LogP contribution >= 0.6 is 0 Å². The van der Waals surface area contributed by atoms with E-state index in [4.69, 9.17) is 9.47 Å². The highest BCUT2D eigenvalue weighted by Crippen LogP contribution is 2.29. The fraction of sp³-hybridized carbons (Fsp3) is 0.955. The quantitative estimate of drug-likeness (QED) is 0.190. The summed E-state index contributed by atoms with van der Waals surface area (Å²) in [4.78, 5) is 0. The zero-order valence-corrected chi connectivity index (χ0v) is 17.2. The molecule has 2 heteroatoms. The van der Waals surface area contributed by atoms with Crippen molar-refractivity contribution in [1.82, 2.24) is 0 Å². The van der Waals surface area contributed by atoms with E-state index in [2.05, 4.69) is 27.7 Å². The summed E-state index contributed by atoms with van der Waals surface area (Å²) in [6, 6.07) is 0. The molecule has 1 atom stereocenters. The van der Waals surface area contributed by atoms with Crippen LogP contribution in [0.3, 0.4) is 0 Å². The van der Waals surface area contributed by atoms with Gasteiger partial charge in [-0.2, -0.15) is 0 Å². The molecule has 1 unspecified atom stereocenters. The van der Waals surface area contributed by atoms with Crippen molar-refractivity contribution in [2.45, 2.75) is 129 Å². The molecule has 0 aliphatic heterocycles. The summed E-state index contributed by atoms with van der Waals surface area (Å²) in [6.45, 7) is 10.4. The van der Waals surface area contributed by atoms with E-state index in [-0.39, 0.29) is 11.9 Å². The van der Waals surface area contributed by atoms with Crippen LogP contribution in [0.5, 0.6) is 0 Å². The second kappa shape index (κ2) is 16.4. The van der Waals surface area contributed by atoms with Crippen LogP contribution in [-0.2, 0) is 9.47 Å². The molecule has 0 saturated carbocycles. The zero-order valence-electron chi connectivity index (χ0n) is 17.2. The lowest BCUT2D eigenvalue weighted by atomic mass is 9.99. The molecule has 0 aromatic heterocycles. The first-order chi connectivity index (χ1) is 11.6. The third-order valence-electron chi connectivity index (χ3n) is 4.79. The van der Waals surface area contributed by atoms with Crippen LogP contribution in [-0.4, -0.2) is 19.0 Å². The summed E-state index contributed by atoms with van der Waals surface area (Å²) in [5.74, 6) is -0.384. The van der Waals surface area contributed by atoms with Crippen LogP contribution in [0.15, 0.2) is 0 Å². The van der Waals surface area contributed by atoms with Gasteiger partial charge in [-0.05, 0) is 26.7 Å². The van der Waals surface area contributed by atoms with Crippen LogP contribution in [0.25, 0.3) is 0 Å². The van der Waals surface area contributed by atoms with Gasteiger partial charge in [-0.15, -0.1) is 0 Å². The Labute approximate surface area is 153 Å². The molecule has 0 aromatic carbocycles. The molecule has 0 spiro atoms. The van der Waals surface area contributed by atoms with E-state index < -0.39 is 0 Å². The van der Waals surface area contributed by atoms with Gasteiger partial charge in [-0.25, -0.2) is 0 Å². The van der Waals surface area contributed by atoms with Gasteiger partial charge in [0.2, 0.25) is 0 Å². The maximum absolute atomic E-state index is 6.13. The van der Waals surface area contributed by atoms with Crippen LogP contribution in [0.4, 0.5) is 0 Å². The van der Waals surface area contributed by atoms with Gasteiger partial charge in [0, 0.05) is 20.0 Å². The van der Waals surface area contributed by atoms with Crippen molar-refractivity contribution in [3.8, 4) is 0 Å². The molecule has 0 aromatic rings. The maximum Gasteiger partial charge on any atom is 0.168 e.